The van der Waals surface area contributed by atoms with Gasteiger partial charge in [-0.2, -0.15) is 0 Å². The summed E-state index contributed by atoms with van der Waals surface area (Å²) in [5.41, 5.74) is 0.834. The van der Waals surface area contributed by atoms with E-state index in [0.29, 0.717) is 4.88 Å². The molecule has 4 rings (SSSR count). The van der Waals surface area contributed by atoms with Crippen LogP contribution in [0.25, 0.3) is 21.2 Å². The second-order valence-electron chi connectivity index (χ2n) is 5.80. The standard InChI is InChI=1S/C21H13F2NOS/c22-16-7-8-17(23)18(12-16)24-21(25)20-10-9-19(26-20)15-6-5-13-3-1-2-4-14(13)11-15/h1-12H,(H,24,25). The second kappa shape index (κ2) is 6.69. The molecule has 0 bridgehead atoms. The van der Waals surface area contributed by atoms with E-state index in [-0.39, 0.29) is 5.69 Å². The number of halogens is 2. The number of amides is 1. The van der Waals surface area contributed by atoms with Crippen LogP contribution in [0.4, 0.5) is 14.5 Å². The molecule has 2 nitrogen and oxygen atoms in total. The van der Waals surface area contributed by atoms with Crippen molar-refractivity contribution >= 4 is 33.7 Å². The Morgan fingerprint density at radius 3 is 2.50 bits per heavy atom. The molecule has 0 fully saturated rings. The number of thiophene rings is 1. The molecule has 0 saturated carbocycles. The fourth-order valence-electron chi connectivity index (χ4n) is 2.73. The molecule has 26 heavy (non-hydrogen) atoms. The van der Waals surface area contributed by atoms with Crippen molar-refractivity contribution in [1.82, 2.24) is 0 Å². The van der Waals surface area contributed by atoms with Gasteiger partial charge in [-0.05, 0) is 46.7 Å². The van der Waals surface area contributed by atoms with Crippen LogP contribution in [0, 0.1) is 11.6 Å². The van der Waals surface area contributed by atoms with E-state index >= 15 is 0 Å². The molecule has 0 aliphatic carbocycles. The van der Waals surface area contributed by atoms with Gasteiger partial charge in [0.1, 0.15) is 11.6 Å². The van der Waals surface area contributed by atoms with Crippen molar-refractivity contribution in [1.29, 1.82) is 0 Å². The number of carbonyl (C=O) groups excluding carboxylic acids is 1. The molecule has 0 aliphatic rings. The van der Waals surface area contributed by atoms with Crippen molar-refractivity contribution in [3.8, 4) is 10.4 Å². The van der Waals surface area contributed by atoms with Gasteiger partial charge in [-0.3, -0.25) is 4.79 Å². The molecule has 128 valence electrons. The molecule has 1 aromatic heterocycles. The number of fused-ring (bicyclic) bond motifs is 1. The largest absolute Gasteiger partial charge is 0.319 e. The van der Waals surface area contributed by atoms with E-state index in [1.165, 1.54) is 11.3 Å². The third-order valence-electron chi connectivity index (χ3n) is 4.04. The van der Waals surface area contributed by atoms with Gasteiger partial charge in [0.2, 0.25) is 0 Å². The third kappa shape index (κ3) is 3.21. The summed E-state index contributed by atoms with van der Waals surface area (Å²) >= 11 is 1.30. The molecule has 1 heterocycles. The number of hydrogen-bond donors (Lipinski definition) is 1. The average molecular weight is 365 g/mol. The van der Waals surface area contributed by atoms with E-state index in [9.17, 15) is 13.6 Å². The van der Waals surface area contributed by atoms with E-state index < -0.39 is 17.5 Å². The number of carbonyl (C=O) groups is 1. The maximum Gasteiger partial charge on any atom is 0.265 e. The Kier molecular flexibility index (Phi) is 4.22. The van der Waals surface area contributed by atoms with Crippen LogP contribution in [0.5, 0.6) is 0 Å². The second-order valence-corrected chi connectivity index (χ2v) is 6.89. The van der Waals surface area contributed by atoms with Crippen molar-refractivity contribution in [3.63, 3.8) is 0 Å². The van der Waals surface area contributed by atoms with Gasteiger partial charge in [0.05, 0.1) is 10.6 Å². The van der Waals surface area contributed by atoms with Gasteiger partial charge in [0.15, 0.2) is 0 Å². The molecule has 1 N–H and O–H groups in total. The fraction of sp³-hybridized carbons (Fsp3) is 0. The van der Waals surface area contributed by atoms with Crippen molar-refractivity contribution in [2.75, 3.05) is 5.32 Å². The SMILES string of the molecule is O=C(Nc1cc(F)ccc1F)c1ccc(-c2ccc3ccccc3c2)s1. The zero-order chi connectivity index (χ0) is 18.1. The van der Waals surface area contributed by atoms with Gasteiger partial charge in [-0.1, -0.05) is 36.4 Å². The van der Waals surface area contributed by atoms with Crippen LogP contribution in [0.15, 0.2) is 72.8 Å². The Labute approximate surface area is 152 Å². The van der Waals surface area contributed by atoms with Gasteiger partial charge in [0.25, 0.3) is 5.91 Å². The Hall–Kier alpha value is -3.05. The summed E-state index contributed by atoms with van der Waals surface area (Å²) in [6.07, 6.45) is 0. The lowest BCUT2D eigenvalue weighted by Gasteiger charge is -2.05. The van der Waals surface area contributed by atoms with Crippen molar-refractivity contribution in [3.05, 3.63) is 89.3 Å². The Balaban J connectivity index is 1.60. The maximum atomic E-state index is 13.7. The van der Waals surface area contributed by atoms with Gasteiger partial charge in [-0.25, -0.2) is 8.78 Å². The minimum absolute atomic E-state index is 0.171. The molecule has 0 atom stereocenters. The van der Waals surface area contributed by atoms with E-state index in [1.807, 2.05) is 42.5 Å². The van der Waals surface area contributed by atoms with Crippen LogP contribution in [0.3, 0.4) is 0 Å². The first-order valence-electron chi connectivity index (χ1n) is 7.95. The van der Waals surface area contributed by atoms with Crippen molar-refractivity contribution in [2.24, 2.45) is 0 Å². The molecule has 0 saturated heterocycles. The summed E-state index contributed by atoms with van der Waals surface area (Å²) in [5, 5.41) is 4.68. The highest BCUT2D eigenvalue weighted by Crippen LogP contribution is 2.31. The van der Waals surface area contributed by atoms with Gasteiger partial charge < -0.3 is 5.32 Å². The predicted molar refractivity (Wildman–Crippen MR) is 102 cm³/mol. The summed E-state index contributed by atoms with van der Waals surface area (Å²) in [4.78, 5) is 13.7. The summed E-state index contributed by atoms with van der Waals surface area (Å²) in [6, 6.07) is 20.6. The number of anilines is 1. The smallest absolute Gasteiger partial charge is 0.265 e. The number of nitrogens with one attached hydrogen (secondary N) is 1. The quantitative estimate of drug-likeness (QED) is 0.467. The summed E-state index contributed by atoms with van der Waals surface area (Å²) in [6.45, 7) is 0. The molecule has 0 radical (unpaired) electrons. The first-order valence-corrected chi connectivity index (χ1v) is 8.77. The zero-order valence-electron chi connectivity index (χ0n) is 13.5. The van der Waals surface area contributed by atoms with Crippen molar-refractivity contribution < 1.29 is 13.6 Å². The van der Waals surface area contributed by atoms with Gasteiger partial charge in [0, 0.05) is 10.9 Å². The molecule has 3 aromatic carbocycles. The highest BCUT2D eigenvalue weighted by atomic mass is 32.1. The number of benzene rings is 3. The Morgan fingerprint density at radius 1 is 0.846 bits per heavy atom. The third-order valence-corrected chi connectivity index (χ3v) is 5.17. The predicted octanol–water partition coefficient (Wildman–Crippen LogP) is 6.10. The van der Waals surface area contributed by atoms with E-state index in [1.54, 1.807) is 6.07 Å². The van der Waals surface area contributed by atoms with E-state index in [2.05, 4.69) is 11.4 Å². The first kappa shape index (κ1) is 16.4. The van der Waals surface area contributed by atoms with E-state index in [4.69, 9.17) is 0 Å². The molecule has 4 aromatic rings. The Morgan fingerprint density at radius 2 is 1.65 bits per heavy atom. The number of rotatable bonds is 3. The summed E-state index contributed by atoms with van der Waals surface area (Å²) in [5.74, 6) is -1.75. The molecule has 0 aliphatic heterocycles. The summed E-state index contributed by atoms with van der Waals surface area (Å²) in [7, 11) is 0. The summed E-state index contributed by atoms with van der Waals surface area (Å²) < 4.78 is 26.9. The van der Waals surface area contributed by atoms with Crippen LogP contribution in [-0.4, -0.2) is 5.91 Å². The lowest BCUT2D eigenvalue weighted by Crippen LogP contribution is -2.11. The molecule has 0 unspecified atom stereocenters. The van der Waals surface area contributed by atoms with Crippen LogP contribution in [0.2, 0.25) is 0 Å². The molecule has 5 heteroatoms. The lowest BCUT2D eigenvalue weighted by molar-refractivity contribution is 0.103. The monoisotopic (exact) mass is 365 g/mol. The minimum Gasteiger partial charge on any atom is -0.319 e. The number of hydrogen-bond acceptors (Lipinski definition) is 2. The average Bonchev–Trinajstić information content (AvgIpc) is 3.14. The van der Waals surface area contributed by atoms with Gasteiger partial charge in [-0.15, -0.1) is 11.3 Å². The normalized spacial score (nSPS) is 10.8. The molecular weight excluding hydrogens is 352 g/mol. The minimum atomic E-state index is -0.675. The van der Waals surface area contributed by atoms with Crippen LogP contribution in [-0.2, 0) is 0 Å². The van der Waals surface area contributed by atoms with Crippen molar-refractivity contribution in [2.45, 2.75) is 0 Å². The molecule has 0 spiro atoms. The highest BCUT2D eigenvalue weighted by Gasteiger charge is 2.13. The van der Waals surface area contributed by atoms with E-state index in [0.717, 1.165) is 39.4 Å². The Bertz CT molecular complexity index is 1120. The van der Waals surface area contributed by atoms with Crippen LogP contribution < -0.4 is 5.32 Å². The maximum absolute atomic E-state index is 13.7. The zero-order valence-corrected chi connectivity index (χ0v) is 14.3. The fourth-order valence-corrected chi connectivity index (χ4v) is 3.63. The van der Waals surface area contributed by atoms with Crippen LogP contribution >= 0.6 is 11.3 Å². The molecule has 1 amide bonds. The van der Waals surface area contributed by atoms with Crippen LogP contribution in [0.1, 0.15) is 9.67 Å². The topological polar surface area (TPSA) is 29.1 Å². The first-order chi connectivity index (χ1) is 12.6. The lowest BCUT2D eigenvalue weighted by atomic mass is 10.1. The highest BCUT2D eigenvalue weighted by molar-refractivity contribution is 7.17. The van der Waals surface area contributed by atoms with Gasteiger partial charge >= 0.3 is 0 Å². The molecular formula is C21H13F2NOS.